The zero-order valence-corrected chi connectivity index (χ0v) is 19.7. The highest BCUT2D eigenvalue weighted by atomic mass is 35.5. The van der Waals surface area contributed by atoms with Crippen molar-refractivity contribution in [3.8, 4) is 0 Å². The molecule has 0 saturated heterocycles. The fourth-order valence-corrected chi connectivity index (χ4v) is 3.28. The maximum Gasteiger partial charge on any atom is 0.328 e. The average molecular weight is 497 g/mol. The molecular weight excluding hydrogens is 471 g/mol. The van der Waals surface area contributed by atoms with Crippen molar-refractivity contribution in [1.29, 1.82) is 5.41 Å². The fraction of sp³-hybridized carbons (Fsp3) is 0.409. The zero-order valence-electron chi connectivity index (χ0n) is 18.2. The van der Waals surface area contributed by atoms with Gasteiger partial charge in [0.25, 0.3) is 5.91 Å². The van der Waals surface area contributed by atoms with E-state index in [2.05, 4.69) is 15.6 Å². The second kappa shape index (κ2) is 12.4. The Hall–Kier alpha value is -2.91. The van der Waals surface area contributed by atoms with Gasteiger partial charge >= 0.3 is 5.97 Å². The number of nitrogens with one attached hydrogen (secondary N) is 4. The molecule has 178 valence electrons. The summed E-state index contributed by atoms with van der Waals surface area (Å²) in [5, 5.41) is 12.9. The van der Waals surface area contributed by atoms with Gasteiger partial charge in [-0.1, -0.05) is 41.4 Å². The lowest BCUT2D eigenvalue weighted by molar-refractivity contribution is -0.151. The summed E-state index contributed by atoms with van der Waals surface area (Å²) in [7, 11) is 0. The smallest absolute Gasteiger partial charge is 0.328 e. The highest BCUT2D eigenvalue weighted by Gasteiger charge is 2.30. The summed E-state index contributed by atoms with van der Waals surface area (Å²) in [6.07, 6.45) is 1.83. The van der Waals surface area contributed by atoms with Gasteiger partial charge in [-0.2, -0.15) is 0 Å². The lowest BCUT2D eigenvalue weighted by Crippen LogP contribution is -2.53. The van der Waals surface area contributed by atoms with Crippen molar-refractivity contribution < 1.29 is 23.9 Å². The molecule has 0 unspecified atom stereocenters. The molecule has 2 rings (SSSR count). The van der Waals surface area contributed by atoms with E-state index in [0.29, 0.717) is 6.21 Å². The quantitative estimate of drug-likeness (QED) is 0.203. The Balaban J connectivity index is 2.25. The van der Waals surface area contributed by atoms with E-state index >= 15 is 0 Å². The molecule has 11 heteroatoms. The van der Waals surface area contributed by atoms with Crippen LogP contribution in [-0.4, -0.2) is 57.8 Å². The molecule has 0 radical (unpaired) electrons. The Labute approximate surface area is 201 Å². The lowest BCUT2D eigenvalue weighted by Gasteiger charge is -2.23. The van der Waals surface area contributed by atoms with E-state index in [4.69, 9.17) is 33.3 Å². The van der Waals surface area contributed by atoms with E-state index in [1.54, 1.807) is 20.0 Å². The van der Waals surface area contributed by atoms with Gasteiger partial charge in [0.15, 0.2) is 10.6 Å². The van der Waals surface area contributed by atoms with E-state index in [1.165, 1.54) is 0 Å². The van der Waals surface area contributed by atoms with E-state index in [1.807, 2.05) is 24.3 Å². The van der Waals surface area contributed by atoms with Crippen LogP contribution in [0.15, 0.2) is 30.5 Å². The number of benzene rings is 1. The first kappa shape index (κ1) is 26.3. The van der Waals surface area contributed by atoms with Gasteiger partial charge < -0.3 is 25.8 Å². The summed E-state index contributed by atoms with van der Waals surface area (Å²) >= 11 is 11.3. The highest BCUT2D eigenvalue weighted by Crippen LogP contribution is 2.19. The molecule has 1 heterocycles. The van der Waals surface area contributed by atoms with Crippen LogP contribution in [0, 0.1) is 5.41 Å². The number of ketones is 1. The molecule has 2 atom stereocenters. The molecule has 2 amide bonds. The van der Waals surface area contributed by atoms with Crippen LogP contribution in [0.4, 0.5) is 0 Å². The van der Waals surface area contributed by atoms with Crippen molar-refractivity contribution in [1.82, 2.24) is 15.6 Å². The largest absolute Gasteiger partial charge is 0.461 e. The Morgan fingerprint density at radius 3 is 2.39 bits per heavy atom. The molecule has 9 nitrogen and oxygen atoms in total. The number of alkyl halides is 2. The van der Waals surface area contributed by atoms with Crippen LogP contribution in [0.1, 0.15) is 32.3 Å². The summed E-state index contributed by atoms with van der Waals surface area (Å²) in [6.45, 7) is 3.31. The number of ether oxygens (including phenoxy) is 1. The van der Waals surface area contributed by atoms with Crippen LogP contribution in [0.3, 0.4) is 0 Å². The van der Waals surface area contributed by atoms with Crippen LogP contribution < -0.4 is 10.6 Å². The summed E-state index contributed by atoms with van der Waals surface area (Å²) in [4.78, 5) is 51.0. The van der Waals surface area contributed by atoms with Crippen molar-refractivity contribution in [2.24, 2.45) is 0 Å². The fourth-order valence-electron chi connectivity index (χ4n) is 3.16. The number of Topliss-reactive ketones (excluding diaryl/α,β-unsaturated/α-hetero) is 1. The number of fused-ring (bicyclic) bond motifs is 1. The predicted molar refractivity (Wildman–Crippen MR) is 126 cm³/mol. The number of aromatic amines is 1. The molecule has 0 bridgehead atoms. The number of halogens is 2. The lowest BCUT2D eigenvalue weighted by atomic mass is 10.0. The van der Waals surface area contributed by atoms with Crippen molar-refractivity contribution >= 4 is 63.9 Å². The number of rotatable bonds is 12. The minimum absolute atomic E-state index is 0.0626. The van der Waals surface area contributed by atoms with Gasteiger partial charge in [0, 0.05) is 29.9 Å². The van der Waals surface area contributed by atoms with Crippen LogP contribution in [0.2, 0.25) is 0 Å². The number of para-hydroxylation sites is 1. The summed E-state index contributed by atoms with van der Waals surface area (Å²) in [5.74, 6) is -2.66. The van der Waals surface area contributed by atoms with Gasteiger partial charge in [-0.3, -0.25) is 14.4 Å². The van der Waals surface area contributed by atoms with E-state index in [9.17, 15) is 19.2 Å². The highest BCUT2D eigenvalue weighted by molar-refractivity contribution is 6.53. The Morgan fingerprint density at radius 2 is 1.76 bits per heavy atom. The van der Waals surface area contributed by atoms with Gasteiger partial charge in [-0.15, -0.1) is 0 Å². The third-order valence-corrected chi connectivity index (χ3v) is 5.12. The third-order valence-electron chi connectivity index (χ3n) is 4.72. The number of esters is 1. The Morgan fingerprint density at radius 1 is 1.09 bits per heavy atom. The molecule has 0 fully saturated rings. The van der Waals surface area contributed by atoms with Crippen LogP contribution in [-0.2, 0) is 30.3 Å². The minimum atomic E-state index is -1.39. The molecule has 0 spiro atoms. The van der Waals surface area contributed by atoms with E-state index in [0.717, 1.165) is 16.5 Å². The normalized spacial score (nSPS) is 12.9. The standard InChI is InChI=1S/C22H26Cl2N4O5/c1-12(2)33-22(32)17(8-7-14(29)10-25)27-20(30)18(28-21(31)19(23)24)9-13-11-26-16-6-4-3-5-15(13)16/h3-6,10-12,17-19,25-26H,7-9H2,1-2H3,(H,27,30)(H,28,31)/t17-,18-/m0/s1. The average Bonchev–Trinajstić information content (AvgIpc) is 3.17. The molecule has 0 aliphatic heterocycles. The molecule has 0 aliphatic carbocycles. The molecule has 1 aromatic carbocycles. The number of hydrogen-bond donors (Lipinski definition) is 4. The molecule has 1 aromatic heterocycles. The van der Waals surface area contributed by atoms with E-state index < -0.39 is 46.6 Å². The molecule has 0 aliphatic rings. The first-order valence-electron chi connectivity index (χ1n) is 10.3. The summed E-state index contributed by atoms with van der Waals surface area (Å²) in [5.41, 5.74) is 1.61. The summed E-state index contributed by atoms with van der Waals surface area (Å²) in [6, 6.07) is 5.20. The molecule has 33 heavy (non-hydrogen) atoms. The van der Waals surface area contributed by atoms with Crippen LogP contribution in [0.25, 0.3) is 10.9 Å². The van der Waals surface area contributed by atoms with Crippen molar-refractivity contribution in [3.63, 3.8) is 0 Å². The van der Waals surface area contributed by atoms with E-state index in [-0.39, 0.29) is 19.3 Å². The second-order valence-corrected chi connectivity index (χ2v) is 8.72. The van der Waals surface area contributed by atoms with Crippen molar-refractivity contribution in [2.45, 2.75) is 56.1 Å². The number of H-pyrrole nitrogens is 1. The maximum atomic E-state index is 13.1. The van der Waals surface area contributed by atoms with Gasteiger partial charge in [-0.05, 0) is 31.9 Å². The third kappa shape index (κ3) is 7.87. The topological polar surface area (TPSA) is 141 Å². The molecule has 4 N–H and O–H groups in total. The Bertz CT molecular complexity index is 1020. The molecule has 0 saturated carbocycles. The minimum Gasteiger partial charge on any atom is -0.461 e. The molecular formula is C22H26Cl2N4O5. The van der Waals surface area contributed by atoms with Crippen molar-refractivity contribution in [2.75, 3.05) is 0 Å². The first-order valence-corrected chi connectivity index (χ1v) is 11.2. The number of carbonyl (C=O) groups excluding carboxylic acids is 4. The Kier molecular flexibility index (Phi) is 9.87. The second-order valence-electron chi connectivity index (χ2n) is 7.62. The predicted octanol–water partition coefficient (Wildman–Crippen LogP) is 2.43. The number of aromatic nitrogens is 1. The first-order chi connectivity index (χ1) is 15.6. The summed E-state index contributed by atoms with van der Waals surface area (Å²) < 4.78 is 5.19. The van der Waals surface area contributed by atoms with Crippen LogP contribution >= 0.6 is 23.2 Å². The van der Waals surface area contributed by atoms with Crippen molar-refractivity contribution in [3.05, 3.63) is 36.0 Å². The van der Waals surface area contributed by atoms with Gasteiger partial charge in [0.2, 0.25) is 5.91 Å². The number of amides is 2. The maximum absolute atomic E-state index is 13.1. The van der Waals surface area contributed by atoms with Gasteiger partial charge in [-0.25, -0.2) is 4.79 Å². The van der Waals surface area contributed by atoms with Crippen LogP contribution in [0.5, 0.6) is 0 Å². The van der Waals surface area contributed by atoms with Gasteiger partial charge in [0.1, 0.15) is 12.1 Å². The number of hydrogen-bond acceptors (Lipinski definition) is 6. The SMILES string of the molecule is CC(C)OC(=O)[C@H](CCC(=O)C=N)NC(=O)[C@H](Cc1c[nH]c2ccccc12)NC(=O)C(Cl)Cl. The number of carbonyl (C=O) groups is 4. The zero-order chi connectivity index (χ0) is 24.5. The monoisotopic (exact) mass is 496 g/mol. The van der Waals surface area contributed by atoms with Gasteiger partial charge in [0.05, 0.1) is 12.3 Å². The molecule has 2 aromatic rings.